The van der Waals surface area contributed by atoms with E-state index in [9.17, 15) is 9.59 Å². The first-order valence-corrected chi connectivity index (χ1v) is 9.89. The summed E-state index contributed by atoms with van der Waals surface area (Å²) in [7, 11) is 0. The van der Waals surface area contributed by atoms with Crippen LogP contribution in [0.15, 0.2) is 42.6 Å². The number of amides is 2. The number of nitrogens with one attached hydrogen (secondary N) is 2. The molecule has 154 valence electrons. The molecule has 0 bridgehead atoms. The Morgan fingerprint density at radius 1 is 1.14 bits per heavy atom. The van der Waals surface area contributed by atoms with Gasteiger partial charge in [0.1, 0.15) is 5.82 Å². The van der Waals surface area contributed by atoms with E-state index in [-0.39, 0.29) is 24.3 Å². The largest absolute Gasteiger partial charge is 0.378 e. The molecule has 1 aliphatic rings. The molecule has 1 atom stereocenters. The highest BCUT2D eigenvalue weighted by molar-refractivity contribution is 5.79. The van der Waals surface area contributed by atoms with Crippen LogP contribution in [0.2, 0.25) is 0 Å². The predicted octanol–water partition coefficient (Wildman–Crippen LogP) is 2.11. The number of carbonyl (C=O) groups is 2. The van der Waals surface area contributed by atoms with Crippen LogP contribution in [0.3, 0.4) is 0 Å². The molecule has 0 saturated carbocycles. The van der Waals surface area contributed by atoms with Crippen molar-refractivity contribution < 1.29 is 14.3 Å². The molecule has 0 spiro atoms. The van der Waals surface area contributed by atoms with Crippen molar-refractivity contribution in [2.75, 3.05) is 31.2 Å². The van der Waals surface area contributed by atoms with Gasteiger partial charge in [0.25, 0.3) is 0 Å². The number of hydrogen-bond donors (Lipinski definition) is 2. The molecule has 7 heteroatoms. The molecule has 1 aliphatic heterocycles. The van der Waals surface area contributed by atoms with Gasteiger partial charge in [-0.1, -0.05) is 35.9 Å². The lowest BCUT2D eigenvalue weighted by molar-refractivity contribution is -0.122. The van der Waals surface area contributed by atoms with Crippen molar-refractivity contribution in [2.24, 2.45) is 0 Å². The van der Waals surface area contributed by atoms with Crippen molar-refractivity contribution in [3.05, 3.63) is 59.3 Å². The van der Waals surface area contributed by atoms with Crippen LogP contribution in [0.1, 0.15) is 36.1 Å². The van der Waals surface area contributed by atoms with E-state index in [0.717, 1.165) is 48.8 Å². The van der Waals surface area contributed by atoms with Crippen LogP contribution < -0.4 is 15.5 Å². The first-order chi connectivity index (χ1) is 14.0. The van der Waals surface area contributed by atoms with E-state index in [4.69, 9.17) is 4.74 Å². The Bertz CT molecular complexity index is 815. The van der Waals surface area contributed by atoms with E-state index >= 15 is 0 Å². The first-order valence-electron chi connectivity index (χ1n) is 9.89. The summed E-state index contributed by atoms with van der Waals surface area (Å²) >= 11 is 0. The number of carbonyl (C=O) groups excluding carboxylic acids is 2. The molecule has 1 aromatic carbocycles. The third kappa shape index (κ3) is 6.29. The number of hydrogen-bond acceptors (Lipinski definition) is 5. The summed E-state index contributed by atoms with van der Waals surface area (Å²) in [6.45, 7) is 6.98. The van der Waals surface area contributed by atoms with E-state index in [1.807, 2.05) is 43.3 Å². The number of aromatic nitrogens is 1. The molecule has 1 fully saturated rings. The van der Waals surface area contributed by atoms with Crippen molar-refractivity contribution in [1.29, 1.82) is 0 Å². The Hall–Kier alpha value is -2.93. The van der Waals surface area contributed by atoms with Gasteiger partial charge < -0.3 is 20.3 Å². The summed E-state index contributed by atoms with van der Waals surface area (Å²) in [6.07, 6.45) is 1.97. The van der Waals surface area contributed by atoms with Crippen LogP contribution in [0.5, 0.6) is 0 Å². The zero-order valence-corrected chi connectivity index (χ0v) is 17.0. The number of aryl methyl sites for hydroxylation is 1. The number of anilines is 1. The highest BCUT2D eigenvalue weighted by Crippen LogP contribution is 2.18. The van der Waals surface area contributed by atoms with E-state index in [1.54, 1.807) is 6.20 Å². The van der Waals surface area contributed by atoms with Crippen LogP contribution in [-0.4, -0.2) is 43.1 Å². The van der Waals surface area contributed by atoms with Crippen LogP contribution in [-0.2, 0) is 20.9 Å². The van der Waals surface area contributed by atoms with Crippen molar-refractivity contribution >= 4 is 17.6 Å². The van der Waals surface area contributed by atoms with Gasteiger partial charge in [-0.3, -0.25) is 9.59 Å². The molecule has 2 aromatic rings. The number of nitrogens with zero attached hydrogens (tertiary/aromatic N) is 2. The maximum absolute atomic E-state index is 12.5. The van der Waals surface area contributed by atoms with Crippen molar-refractivity contribution in [2.45, 2.75) is 32.9 Å². The summed E-state index contributed by atoms with van der Waals surface area (Å²) in [6, 6.07) is 11.4. The van der Waals surface area contributed by atoms with E-state index in [1.165, 1.54) is 6.92 Å². The first kappa shape index (κ1) is 20.8. The number of ether oxygens (including phenoxy) is 1. The Kier molecular flexibility index (Phi) is 7.19. The molecule has 3 rings (SSSR count). The van der Waals surface area contributed by atoms with E-state index < -0.39 is 0 Å². The molecule has 1 aromatic heterocycles. The topological polar surface area (TPSA) is 83.6 Å². The van der Waals surface area contributed by atoms with Crippen LogP contribution in [0, 0.1) is 6.92 Å². The van der Waals surface area contributed by atoms with Crippen molar-refractivity contribution in [3.63, 3.8) is 0 Å². The van der Waals surface area contributed by atoms with Crippen LogP contribution in [0.25, 0.3) is 0 Å². The highest BCUT2D eigenvalue weighted by Gasteiger charge is 2.17. The summed E-state index contributed by atoms with van der Waals surface area (Å²) in [5.41, 5.74) is 2.98. The van der Waals surface area contributed by atoms with Crippen LogP contribution in [0.4, 0.5) is 5.82 Å². The maximum atomic E-state index is 12.5. The molecule has 0 unspecified atom stereocenters. The van der Waals surface area contributed by atoms with Gasteiger partial charge in [-0.15, -0.1) is 0 Å². The smallest absolute Gasteiger partial charge is 0.222 e. The second-order valence-corrected chi connectivity index (χ2v) is 7.27. The summed E-state index contributed by atoms with van der Waals surface area (Å²) in [5, 5.41) is 5.78. The SMILES string of the molecule is CC(=O)N[C@H](CC(=O)NCc1ccc(N2CCOCC2)nc1)c1ccc(C)cc1. The molecular formula is C22H28N4O3. The molecule has 7 nitrogen and oxygen atoms in total. The second kappa shape index (κ2) is 10.0. The monoisotopic (exact) mass is 396 g/mol. The zero-order chi connectivity index (χ0) is 20.6. The number of benzene rings is 1. The quantitative estimate of drug-likeness (QED) is 0.749. The number of rotatable bonds is 7. The number of pyridine rings is 1. The van der Waals surface area contributed by atoms with E-state index in [2.05, 4.69) is 20.5 Å². The Labute approximate surface area is 171 Å². The van der Waals surface area contributed by atoms with Gasteiger partial charge >= 0.3 is 0 Å². The second-order valence-electron chi connectivity index (χ2n) is 7.27. The molecule has 0 aliphatic carbocycles. The Morgan fingerprint density at radius 3 is 2.48 bits per heavy atom. The molecular weight excluding hydrogens is 368 g/mol. The molecule has 2 heterocycles. The fraction of sp³-hybridized carbons (Fsp3) is 0.409. The number of morpholine rings is 1. The van der Waals surface area contributed by atoms with Crippen molar-refractivity contribution in [1.82, 2.24) is 15.6 Å². The molecule has 1 saturated heterocycles. The fourth-order valence-corrected chi connectivity index (χ4v) is 3.26. The lowest BCUT2D eigenvalue weighted by atomic mass is 10.0. The minimum absolute atomic E-state index is 0.124. The minimum Gasteiger partial charge on any atom is -0.378 e. The molecule has 2 amide bonds. The third-order valence-corrected chi connectivity index (χ3v) is 4.88. The normalized spacial score (nSPS) is 14.9. The standard InChI is InChI=1S/C22H28N4O3/c1-16-3-6-19(7-4-16)20(25-17(2)27)13-22(28)24-15-18-5-8-21(23-14-18)26-9-11-29-12-10-26/h3-8,14,20H,9-13,15H2,1-2H3,(H,24,28)(H,25,27)/t20-/m1/s1. The fourth-order valence-electron chi connectivity index (χ4n) is 3.26. The zero-order valence-electron chi connectivity index (χ0n) is 17.0. The lowest BCUT2D eigenvalue weighted by Crippen LogP contribution is -2.36. The van der Waals surface area contributed by atoms with Gasteiger partial charge in [-0.25, -0.2) is 4.98 Å². The Morgan fingerprint density at radius 2 is 1.86 bits per heavy atom. The average molecular weight is 396 g/mol. The minimum atomic E-state index is -0.352. The molecule has 2 N–H and O–H groups in total. The van der Waals surface area contributed by atoms with Crippen molar-refractivity contribution in [3.8, 4) is 0 Å². The van der Waals surface area contributed by atoms with Gasteiger partial charge in [0.15, 0.2) is 0 Å². The highest BCUT2D eigenvalue weighted by atomic mass is 16.5. The van der Waals surface area contributed by atoms with Gasteiger partial charge in [-0.05, 0) is 24.1 Å². The lowest BCUT2D eigenvalue weighted by Gasteiger charge is -2.27. The summed E-state index contributed by atoms with van der Waals surface area (Å²) in [5.74, 6) is 0.640. The van der Waals surface area contributed by atoms with Crippen LogP contribution >= 0.6 is 0 Å². The predicted molar refractivity (Wildman–Crippen MR) is 111 cm³/mol. The van der Waals surface area contributed by atoms with Gasteiger partial charge in [-0.2, -0.15) is 0 Å². The van der Waals surface area contributed by atoms with Gasteiger partial charge in [0, 0.05) is 32.8 Å². The third-order valence-electron chi connectivity index (χ3n) is 4.88. The molecule has 0 radical (unpaired) electrons. The van der Waals surface area contributed by atoms with Gasteiger partial charge in [0.05, 0.1) is 25.7 Å². The van der Waals surface area contributed by atoms with Gasteiger partial charge in [0.2, 0.25) is 11.8 Å². The summed E-state index contributed by atoms with van der Waals surface area (Å²) in [4.78, 5) is 30.7. The average Bonchev–Trinajstić information content (AvgIpc) is 2.73. The van der Waals surface area contributed by atoms with E-state index in [0.29, 0.717) is 6.54 Å². The molecule has 29 heavy (non-hydrogen) atoms. The maximum Gasteiger partial charge on any atom is 0.222 e. The Balaban J connectivity index is 1.54. The summed E-state index contributed by atoms with van der Waals surface area (Å²) < 4.78 is 5.36.